The Bertz CT molecular complexity index is 269. The number of rotatable bonds is 2. The SMILES string of the molecule is CC.CC.CC(C)/C([NH-])=C/c1[c-]nccc1.[W+2]. The summed E-state index contributed by atoms with van der Waals surface area (Å²) in [6.07, 6.45) is 6.27. The van der Waals surface area contributed by atoms with E-state index >= 15 is 0 Å². The summed E-state index contributed by atoms with van der Waals surface area (Å²) in [6.45, 7) is 12.0. The fourth-order valence-electron chi connectivity index (χ4n) is 0.753. The van der Waals surface area contributed by atoms with Gasteiger partial charge in [0.05, 0.1) is 0 Å². The van der Waals surface area contributed by atoms with Crippen LogP contribution in [0.25, 0.3) is 11.8 Å². The fourth-order valence-corrected chi connectivity index (χ4v) is 0.753. The van der Waals surface area contributed by atoms with Crippen molar-refractivity contribution < 1.29 is 21.1 Å². The van der Waals surface area contributed by atoms with Gasteiger partial charge in [-0.25, -0.2) is 5.70 Å². The van der Waals surface area contributed by atoms with Gasteiger partial charge in [-0.05, 0) is 6.20 Å². The third-order valence-corrected chi connectivity index (χ3v) is 1.56. The van der Waals surface area contributed by atoms with Crippen molar-refractivity contribution in [2.24, 2.45) is 5.92 Å². The van der Waals surface area contributed by atoms with Gasteiger partial charge in [-0.3, -0.25) is 0 Å². The van der Waals surface area contributed by atoms with Crippen LogP contribution in [0.5, 0.6) is 0 Å². The molecule has 3 heteroatoms. The van der Waals surface area contributed by atoms with Crippen LogP contribution in [-0.4, -0.2) is 4.98 Å². The molecule has 2 nitrogen and oxygen atoms in total. The van der Waals surface area contributed by atoms with Crippen molar-refractivity contribution in [1.29, 1.82) is 0 Å². The van der Waals surface area contributed by atoms with Gasteiger partial charge in [-0.1, -0.05) is 53.7 Å². The molecule has 0 aromatic carbocycles. The molecule has 1 rings (SSSR count). The zero-order valence-electron chi connectivity index (χ0n) is 11.7. The topological polar surface area (TPSA) is 36.7 Å². The van der Waals surface area contributed by atoms with E-state index in [4.69, 9.17) is 5.73 Å². The predicted molar refractivity (Wildman–Crippen MR) is 72.9 cm³/mol. The van der Waals surface area contributed by atoms with E-state index in [1.54, 1.807) is 12.3 Å². The van der Waals surface area contributed by atoms with Gasteiger partial charge >= 0.3 is 21.1 Å². The van der Waals surface area contributed by atoms with Crippen LogP contribution in [-0.2, 0) is 21.1 Å². The molecule has 17 heavy (non-hydrogen) atoms. The van der Waals surface area contributed by atoms with Crippen LogP contribution in [0.4, 0.5) is 0 Å². The first kappa shape index (κ1) is 21.6. The Hall–Kier alpha value is -0.622. The van der Waals surface area contributed by atoms with Crippen LogP contribution in [0.3, 0.4) is 0 Å². The van der Waals surface area contributed by atoms with Crippen molar-refractivity contribution in [3.8, 4) is 0 Å². The number of nitrogens with zero attached hydrogens (tertiary/aromatic N) is 1. The number of hydrogen-bond acceptors (Lipinski definition) is 1. The molecule has 0 unspecified atom stereocenters. The summed E-state index contributed by atoms with van der Waals surface area (Å²) in [5, 5.41) is 0. The molecule has 1 N–H and O–H groups in total. The minimum Gasteiger partial charge on any atom is -0.710 e. The van der Waals surface area contributed by atoms with Gasteiger partial charge in [-0.2, -0.15) is 6.08 Å². The van der Waals surface area contributed by atoms with Crippen LogP contribution < -0.4 is 0 Å². The Morgan fingerprint density at radius 2 is 1.82 bits per heavy atom. The average Bonchev–Trinajstić information content (AvgIpc) is 2.35. The molecule has 0 saturated carbocycles. The largest absolute Gasteiger partial charge is 2.00 e. The third-order valence-electron chi connectivity index (χ3n) is 1.56. The number of aromatic nitrogens is 1. The second-order valence-corrected chi connectivity index (χ2v) is 2.96. The molecule has 0 saturated heterocycles. The van der Waals surface area contributed by atoms with Gasteiger partial charge in [0, 0.05) is 0 Å². The van der Waals surface area contributed by atoms with Gasteiger partial charge in [0.2, 0.25) is 0 Å². The second-order valence-electron chi connectivity index (χ2n) is 2.96. The van der Waals surface area contributed by atoms with Gasteiger partial charge in [0.25, 0.3) is 0 Å². The normalized spacial score (nSPS) is 9.24. The van der Waals surface area contributed by atoms with E-state index in [1.165, 1.54) is 0 Å². The van der Waals surface area contributed by atoms with Crippen molar-refractivity contribution in [2.45, 2.75) is 41.5 Å². The molecule has 1 aromatic heterocycles. The van der Waals surface area contributed by atoms with Gasteiger partial charge in [0.1, 0.15) is 0 Å². The molecule has 0 aliphatic rings. The predicted octanol–water partition coefficient (Wildman–Crippen LogP) is 4.98. The molecule has 0 amide bonds. The first-order valence-corrected chi connectivity index (χ1v) is 5.96. The Morgan fingerprint density at radius 1 is 1.29 bits per heavy atom. The van der Waals surface area contributed by atoms with Gasteiger partial charge < -0.3 is 10.7 Å². The zero-order chi connectivity index (χ0) is 13.0. The van der Waals surface area contributed by atoms with Crippen LogP contribution in [0, 0.1) is 12.1 Å². The minimum atomic E-state index is 0. The van der Waals surface area contributed by atoms with Crippen molar-refractivity contribution in [2.75, 3.05) is 0 Å². The van der Waals surface area contributed by atoms with Crippen LogP contribution in [0.1, 0.15) is 47.1 Å². The number of hydrogen-bond donors (Lipinski definition) is 0. The van der Waals surface area contributed by atoms with Crippen LogP contribution in [0.2, 0.25) is 0 Å². The summed E-state index contributed by atoms with van der Waals surface area (Å²) >= 11 is 0. The molecular weight excluding hydrogens is 380 g/mol. The Kier molecular flexibility index (Phi) is 19.6. The summed E-state index contributed by atoms with van der Waals surface area (Å²) in [5.41, 5.74) is 9.06. The molecule has 0 aliphatic heterocycles. The minimum absolute atomic E-state index is 0. The van der Waals surface area contributed by atoms with Crippen LogP contribution in [0.15, 0.2) is 24.0 Å². The average molecular weight is 404 g/mol. The monoisotopic (exact) mass is 404 g/mol. The molecule has 1 aromatic rings. The van der Waals surface area contributed by atoms with Crippen molar-refractivity contribution >= 4 is 6.08 Å². The smallest absolute Gasteiger partial charge is 0.710 e. The summed E-state index contributed by atoms with van der Waals surface area (Å²) in [5.74, 6) is 0.263. The molecule has 0 bridgehead atoms. The number of pyridine rings is 1. The maximum Gasteiger partial charge on any atom is 2.00 e. The van der Waals surface area contributed by atoms with Gasteiger partial charge in [-0.15, -0.1) is 17.7 Å². The van der Waals surface area contributed by atoms with E-state index in [1.807, 2.05) is 53.7 Å². The van der Waals surface area contributed by atoms with E-state index < -0.39 is 0 Å². The molecule has 0 atom stereocenters. The van der Waals surface area contributed by atoms with E-state index in [0.717, 1.165) is 5.56 Å². The second kappa shape index (κ2) is 15.4. The van der Waals surface area contributed by atoms with E-state index in [0.29, 0.717) is 5.70 Å². The molecule has 1 heterocycles. The fraction of sp³-hybridized carbons (Fsp3) is 0.500. The van der Waals surface area contributed by atoms with Crippen LogP contribution >= 0.6 is 0 Å². The Labute approximate surface area is 121 Å². The van der Waals surface area contributed by atoms with E-state index in [-0.39, 0.29) is 27.0 Å². The van der Waals surface area contributed by atoms with Gasteiger partial charge in [0.15, 0.2) is 0 Å². The third kappa shape index (κ3) is 11.6. The number of nitrogens with one attached hydrogen (secondary N) is 1. The first-order valence-electron chi connectivity index (χ1n) is 5.96. The summed E-state index contributed by atoms with van der Waals surface area (Å²) < 4.78 is 0. The van der Waals surface area contributed by atoms with Crippen molar-refractivity contribution in [1.82, 2.24) is 4.98 Å². The molecule has 0 aliphatic carbocycles. The molecule has 0 fully saturated rings. The molecule has 0 spiro atoms. The van der Waals surface area contributed by atoms with Crippen molar-refractivity contribution in [3.05, 3.63) is 41.5 Å². The van der Waals surface area contributed by atoms with Crippen molar-refractivity contribution in [3.63, 3.8) is 0 Å². The summed E-state index contributed by atoms with van der Waals surface area (Å²) in [7, 11) is 0. The summed E-state index contributed by atoms with van der Waals surface area (Å²) in [4.78, 5) is 3.84. The Balaban J connectivity index is -0.000000355. The summed E-state index contributed by atoms with van der Waals surface area (Å²) in [6, 6.07) is 3.74. The molecule has 96 valence electrons. The standard InChI is InChI=1S/C10H12N2.2C2H6.W/c1-8(2)10(11)6-9-4-3-5-12-7-9;2*1-2;/h3-6,8,11H,1-2H3;2*1-2H3;/q-2;;;+2/b10-6-;;;. The quantitative estimate of drug-likeness (QED) is 0.641. The molecule has 0 radical (unpaired) electrons. The van der Waals surface area contributed by atoms with E-state index in [9.17, 15) is 0 Å². The maximum absolute atomic E-state index is 7.58. The first-order chi connectivity index (χ1) is 7.70. The molecular formula is C14H24N2W. The van der Waals surface area contributed by atoms with E-state index in [2.05, 4.69) is 11.2 Å². The number of allylic oxidation sites excluding steroid dienone is 1. The maximum atomic E-state index is 7.58. The zero-order valence-corrected chi connectivity index (χ0v) is 14.7. The Morgan fingerprint density at radius 3 is 2.18 bits per heavy atom.